The van der Waals surface area contributed by atoms with E-state index in [9.17, 15) is 4.79 Å². The first-order valence-electron chi connectivity index (χ1n) is 8.26. The molecule has 5 heteroatoms. The molecule has 1 aliphatic heterocycles. The third-order valence-corrected chi connectivity index (χ3v) is 4.57. The van der Waals surface area contributed by atoms with Crippen molar-refractivity contribution in [3.05, 3.63) is 60.3 Å². The number of nitrogens with zero attached hydrogens (tertiary/aromatic N) is 2. The Morgan fingerprint density at radius 3 is 2.50 bits per heavy atom. The number of pyridine rings is 1. The van der Waals surface area contributed by atoms with Gasteiger partial charge in [-0.25, -0.2) is 9.78 Å². The number of rotatable bonds is 5. The summed E-state index contributed by atoms with van der Waals surface area (Å²) < 4.78 is 5.07. The molecule has 1 N–H and O–H groups in total. The second kappa shape index (κ2) is 7.45. The van der Waals surface area contributed by atoms with Gasteiger partial charge in [0.15, 0.2) is 0 Å². The number of hydrogen-bond acceptors (Lipinski definition) is 5. The number of anilines is 1. The minimum Gasteiger partial charge on any atom is -0.467 e. The lowest BCUT2D eigenvalue weighted by Crippen LogP contribution is -2.54. The van der Waals surface area contributed by atoms with Crippen LogP contribution >= 0.6 is 0 Å². The zero-order valence-electron chi connectivity index (χ0n) is 13.9. The van der Waals surface area contributed by atoms with Crippen LogP contribution < -0.4 is 5.32 Å². The number of likely N-dealkylation sites (tertiary alicyclic amines) is 1. The topological polar surface area (TPSA) is 54.5 Å². The lowest BCUT2D eigenvalue weighted by atomic mass is 9.87. The van der Waals surface area contributed by atoms with Crippen LogP contribution in [0.2, 0.25) is 0 Å². The Bertz CT molecular complexity index is 653. The van der Waals surface area contributed by atoms with Gasteiger partial charge < -0.3 is 10.1 Å². The van der Waals surface area contributed by atoms with E-state index in [0.29, 0.717) is 18.7 Å². The molecule has 3 rings (SSSR count). The van der Waals surface area contributed by atoms with Crippen LogP contribution in [0.4, 0.5) is 5.82 Å². The molecule has 2 aromatic rings. The average molecular weight is 325 g/mol. The van der Waals surface area contributed by atoms with Crippen LogP contribution in [0.1, 0.15) is 18.4 Å². The standard InChI is InChI=1S/C19H23N3O2/c1-24-18(23)19(21-17-9-5-6-12-20-17)10-13-22(14-11-19)15-16-7-3-2-4-8-16/h2-9,12H,10-11,13-15H2,1H3,(H,20,21). The first-order valence-corrected chi connectivity index (χ1v) is 8.26. The zero-order valence-corrected chi connectivity index (χ0v) is 13.9. The van der Waals surface area contributed by atoms with Gasteiger partial charge in [-0.1, -0.05) is 36.4 Å². The van der Waals surface area contributed by atoms with Gasteiger partial charge in [-0.05, 0) is 30.5 Å². The molecule has 2 heterocycles. The lowest BCUT2D eigenvalue weighted by molar-refractivity contribution is -0.147. The molecule has 0 saturated carbocycles. The van der Waals surface area contributed by atoms with E-state index >= 15 is 0 Å². The number of nitrogens with one attached hydrogen (secondary N) is 1. The molecule has 5 nitrogen and oxygen atoms in total. The minimum atomic E-state index is -0.698. The summed E-state index contributed by atoms with van der Waals surface area (Å²) in [5.41, 5.74) is 0.594. The van der Waals surface area contributed by atoms with Crippen molar-refractivity contribution in [1.82, 2.24) is 9.88 Å². The van der Waals surface area contributed by atoms with Crippen LogP contribution in [0.25, 0.3) is 0 Å². The summed E-state index contributed by atoms with van der Waals surface area (Å²) >= 11 is 0. The van der Waals surface area contributed by atoms with Crippen molar-refractivity contribution in [3.63, 3.8) is 0 Å². The molecule has 24 heavy (non-hydrogen) atoms. The summed E-state index contributed by atoms with van der Waals surface area (Å²) in [7, 11) is 1.44. The Morgan fingerprint density at radius 2 is 1.88 bits per heavy atom. The van der Waals surface area contributed by atoms with Gasteiger partial charge in [-0.3, -0.25) is 4.90 Å². The van der Waals surface area contributed by atoms with Gasteiger partial charge in [-0.15, -0.1) is 0 Å². The maximum Gasteiger partial charge on any atom is 0.331 e. The van der Waals surface area contributed by atoms with Gasteiger partial charge in [-0.2, -0.15) is 0 Å². The van der Waals surface area contributed by atoms with Gasteiger partial charge in [0.1, 0.15) is 11.4 Å². The predicted octanol–water partition coefficient (Wildman–Crippen LogP) is 2.70. The van der Waals surface area contributed by atoms with Crippen LogP contribution in [0.3, 0.4) is 0 Å². The normalized spacial score (nSPS) is 17.2. The molecule has 126 valence electrons. The van der Waals surface area contributed by atoms with Crippen LogP contribution in [0, 0.1) is 0 Å². The van der Waals surface area contributed by atoms with Crippen molar-refractivity contribution < 1.29 is 9.53 Å². The van der Waals surface area contributed by atoms with E-state index in [1.807, 2.05) is 24.3 Å². The quantitative estimate of drug-likeness (QED) is 0.857. The Hall–Kier alpha value is -2.40. The molecule has 0 aliphatic carbocycles. The van der Waals surface area contributed by atoms with Gasteiger partial charge in [0, 0.05) is 25.8 Å². The molecule has 0 spiro atoms. The van der Waals surface area contributed by atoms with Gasteiger partial charge >= 0.3 is 5.97 Å². The van der Waals surface area contributed by atoms with Crippen LogP contribution in [-0.4, -0.2) is 41.6 Å². The molecule has 0 unspecified atom stereocenters. The average Bonchev–Trinajstić information content (AvgIpc) is 2.64. The minimum absolute atomic E-state index is 0.215. The molecule has 1 aliphatic rings. The highest BCUT2D eigenvalue weighted by Crippen LogP contribution is 2.28. The fourth-order valence-electron chi connectivity index (χ4n) is 3.19. The Kier molecular flexibility index (Phi) is 5.11. The van der Waals surface area contributed by atoms with E-state index < -0.39 is 5.54 Å². The molecule has 1 fully saturated rings. The van der Waals surface area contributed by atoms with E-state index in [1.165, 1.54) is 12.7 Å². The first-order chi connectivity index (χ1) is 11.7. The number of carbonyl (C=O) groups is 1. The third kappa shape index (κ3) is 3.74. The SMILES string of the molecule is COC(=O)C1(Nc2ccccn2)CCN(Cc2ccccc2)CC1. The Morgan fingerprint density at radius 1 is 1.17 bits per heavy atom. The van der Waals surface area contributed by atoms with E-state index in [0.717, 1.165) is 19.6 Å². The summed E-state index contributed by atoms with van der Waals surface area (Å²) in [6.07, 6.45) is 3.12. The summed E-state index contributed by atoms with van der Waals surface area (Å²) in [4.78, 5) is 19.1. The number of esters is 1. The third-order valence-electron chi connectivity index (χ3n) is 4.57. The number of ether oxygens (including phenoxy) is 1. The fraction of sp³-hybridized carbons (Fsp3) is 0.368. The molecule has 0 amide bonds. The van der Waals surface area contributed by atoms with Crippen LogP contribution in [0.5, 0.6) is 0 Å². The maximum atomic E-state index is 12.4. The highest BCUT2D eigenvalue weighted by atomic mass is 16.5. The summed E-state index contributed by atoms with van der Waals surface area (Å²) in [5.74, 6) is 0.493. The molecular formula is C19H23N3O2. The molecular weight excluding hydrogens is 302 g/mol. The second-order valence-electron chi connectivity index (χ2n) is 6.18. The van der Waals surface area contributed by atoms with Crippen LogP contribution in [-0.2, 0) is 16.1 Å². The van der Waals surface area contributed by atoms with E-state index in [2.05, 4.69) is 39.5 Å². The summed E-state index contributed by atoms with van der Waals surface area (Å²) in [6.45, 7) is 2.58. The lowest BCUT2D eigenvalue weighted by Gasteiger charge is -2.40. The largest absolute Gasteiger partial charge is 0.467 e. The number of benzene rings is 1. The van der Waals surface area contributed by atoms with Crippen molar-refractivity contribution in [1.29, 1.82) is 0 Å². The van der Waals surface area contributed by atoms with Crippen molar-refractivity contribution in [3.8, 4) is 0 Å². The highest BCUT2D eigenvalue weighted by Gasteiger charge is 2.42. The van der Waals surface area contributed by atoms with Crippen molar-refractivity contribution in [2.24, 2.45) is 0 Å². The van der Waals surface area contributed by atoms with Crippen molar-refractivity contribution in [2.45, 2.75) is 24.9 Å². The number of aromatic nitrogens is 1. The molecule has 1 aromatic carbocycles. The summed E-state index contributed by atoms with van der Waals surface area (Å²) in [6, 6.07) is 16.0. The number of methoxy groups -OCH3 is 1. The molecule has 0 atom stereocenters. The summed E-state index contributed by atoms with van der Waals surface area (Å²) in [5, 5.41) is 3.32. The highest BCUT2D eigenvalue weighted by molar-refractivity contribution is 5.84. The predicted molar refractivity (Wildman–Crippen MR) is 93.6 cm³/mol. The monoisotopic (exact) mass is 325 g/mol. The van der Waals surface area contributed by atoms with Gasteiger partial charge in [0.25, 0.3) is 0 Å². The molecule has 1 saturated heterocycles. The van der Waals surface area contributed by atoms with Crippen LogP contribution in [0.15, 0.2) is 54.7 Å². The molecule has 0 bridgehead atoms. The van der Waals surface area contributed by atoms with Crippen molar-refractivity contribution >= 4 is 11.8 Å². The van der Waals surface area contributed by atoms with Gasteiger partial charge in [0.2, 0.25) is 0 Å². The Labute approximate surface area is 142 Å². The molecule has 1 aromatic heterocycles. The maximum absolute atomic E-state index is 12.4. The van der Waals surface area contributed by atoms with Crippen molar-refractivity contribution in [2.75, 3.05) is 25.5 Å². The smallest absolute Gasteiger partial charge is 0.331 e. The second-order valence-corrected chi connectivity index (χ2v) is 6.18. The fourth-order valence-corrected chi connectivity index (χ4v) is 3.19. The van der Waals surface area contributed by atoms with E-state index in [-0.39, 0.29) is 5.97 Å². The zero-order chi connectivity index (χ0) is 16.8. The number of piperidine rings is 1. The Balaban J connectivity index is 1.68. The van der Waals surface area contributed by atoms with E-state index in [4.69, 9.17) is 4.74 Å². The number of carbonyl (C=O) groups excluding carboxylic acids is 1. The first kappa shape index (κ1) is 16.5. The molecule has 0 radical (unpaired) electrons. The number of hydrogen-bond donors (Lipinski definition) is 1. The van der Waals surface area contributed by atoms with Gasteiger partial charge in [0.05, 0.1) is 7.11 Å². The van der Waals surface area contributed by atoms with E-state index in [1.54, 1.807) is 6.20 Å².